The Morgan fingerprint density at radius 2 is 2.06 bits per heavy atom. The van der Waals surface area contributed by atoms with Gasteiger partial charge in [-0.05, 0) is 12.7 Å². The molecule has 0 aromatic carbocycles. The van der Waals surface area contributed by atoms with Crippen molar-refractivity contribution in [2.75, 3.05) is 12.4 Å². The number of rotatable bonds is 4. The number of thiol groups is 1. The number of nitrogens with one attached hydrogen (secondary N) is 1. The van der Waals surface area contributed by atoms with Gasteiger partial charge in [0.1, 0.15) is 18.3 Å². The smallest absolute Gasteiger partial charge is 0.221 e. The summed E-state index contributed by atoms with van der Waals surface area (Å²) in [4.78, 5) is 11.4. The number of ether oxygens (including phenoxy) is 1. The van der Waals surface area contributed by atoms with Crippen molar-refractivity contribution in [3.63, 3.8) is 0 Å². The van der Waals surface area contributed by atoms with Crippen LogP contribution in [0.25, 0.3) is 0 Å². The summed E-state index contributed by atoms with van der Waals surface area (Å²) in [5, 5.41) is 31.1. The lowest BCUT2D eigenvalue weighted by molar-refractivity contribution is -0.190. The Morgan fingerprint density at radius 1 is 1.41 bits per heavy atom. The van der Waals surface area contributed by atoms with Gasteiger partial charge in [0.2, 0.25) is 5.91 Å². The standard InChI is InChI=1S/C10H19NO5S/c1-5-8(11-7(13)2-3-17)10(15)9(14)6(4-12)16-5/h5-6,8-10,12,14-15,17H,2-4H2,1H3,(H,11,13)/t5?,6?,8?,9-,10+/m0/s1. The second kappa shape index (κ2) is 6.55. The molecule has 1 rings (SSSR count). The van der Waals surface area contributed by atoms with Crippen LogP contribution in [0.15, 0.2) is 0 Å². The zero-order chi connectivity index (χ0) is 13.0. The third kappa shape index (κ3) is 3.56. The maximum Gasteiger partial charge on any atom is 0.221 e. The lowest BCUT2D eigenvalue weighted by Crippen LogP contribution is -2.63. The summed E-state index contributed by atoms with van der Waals surface area (Å²) in [6, 6.07) is -0.680. The van der Waals surface area contributed by atoms with Crippen LogP contribution in [-0.2, 0) is 9.53 Å². The number of hydrogen-bond donors (Lipinski definition) is 5. The van der Waals surface area contributed by atoms with Crippen LogP contribution in [0.2, 0.25) is 0 Å². The van der Waals surface area contributed by atoms with Crippen LogP contribution in [0.1, 0.15) is 13.3 Å². The molecule has 0 saturated carbocycles. The van der Waals surface area contributed by atoms with Gasteiger partial charge in [-0.3, -0.25) is 4.79 Å². The van der Waals surface area contributed by atoms with Crippen LogP contribution in [0.3, 0.4) is 0 Å². The molecule has 17 heavy (non-hydrogen) atoms. The van der Waals surface area contributed by atoms with Gasteiger partial charge in [-0.1, -0.05) is 0 Å². The van der Waals surface area contributed by atoms with E-state index in [1.54, 1.807) is 6.92 Å². The van der Waals surface area contributed by atoms with Gasteiger partial charge in [0.25, 0.3) is 0 Å². The minimum absolute atomic E-state index is 0.235. The SMILES string of the molecule is CC1OC(CO)[C@H](O)[C@H](O)C1NC(=O)CCS. The van der Waals surface area contributed by atoms with E-state index in [1.807, 2.05) is 0 Å². The van der Waals surface area contributed by atoms with Gasteiger partial charge in [-0.25, -0.2) is 0 Å². The third-order valence-corrected chi connectivity index (χ3v) is 3.06. The Balaban J connectivity index is 2.63. The topological polar surface area (TPSA) is 99.0 Å². The van der Waals surface area contributed by atoms with Crippen LogP contribution in [0.5, 0.6) is 0 Å². The highest BCUT2D eigenvalue weighted by molar-refractivity contribution is 7.80. The predicted octanol–water partition coefficient (Wildman–Crippen LogP) is -1.71. The summed E-state index contributed by atoms with van der Waals surface area (Å²) in [5.74, 6) is 0.153. The highest BCUT2D eigenvalue weighted by atomic mass is 32.1. The van der Waals surface area contributed by atoms with Gasteiger partial charge in [0.05, 0.1) is 18.8 Å². The first-order chi connectivity index (χ1) is 8.01. The molecule has 3 unspecified atom stereocenters. The monoisotopic (exact) mass is 265 g/mol. The van der Waals surface area contributed by atoms with Crippen molar-refractivity contribution in [2.24, 2.45) is 0 Å². The molecule has 7 heteroatoms. The quantitative estimate of drug-likeness (QED) is 0.390. The molecule has 0 spiro atoms. The van der Waals surface area contributed by atoms with Gasteiger partial charge < -0.3 is 25.4 Å². The molecule has 1 fully saturated rings. The normalized spacial score (nSPS) is 37.8. The number of amides is 1. The molecule has 0 bridgehead atoms. The zero-order valence-electron chi connectivity index (χ0n) is 9.61. The van der Waals surface area contributed by atoms with E-state index in [-0.39, 0.29) is 18.9 Å². The minimum atomic E-state index is -1.21. The zero-order valence-corrected chi connectivity index (χ0v) is 10.5. The summed E-state index contributed by atoms with van der Waals surface area (Å²) in [6.07, 6.45) is -3.43. The van der Waals surface area contributed by atoms with E-state index in [0.29, 0.717) is 5.75 Å². The molecule has 0 radical (unpaired) electrons. The molecule has 0 aromatic heterocycles. The Kier molecular flexibility index (Phi) is 5.68. The number of hydrogen-bond acceptors (Lipinski definition) is 6. The van der Waals surface area contributed by atoms with E-state index in [9.17, 15) is 15.0 Å². The van der Waals surface area contributed by atoms with Crippen molar-refractivity contribution < 1.29 is 24.9 Å². The molecule has 100 valence electrons. The molecule has 1 amide bonds. The molecule has 6 nitrogen and oxygen atoms in total. The van der Waals surface area contributed by atoms with Crippen molar-refractivity contribution in [1.82, 2.24) is 5.32 Å². The van der Waals surface area contributed by atoms with Crippen LogP contribution in [0, 0.1) is 0 Å². The van der Waals surface area contributed by atoms with Crippen molar-refractivity contribution in [3.05, 3.63) is 0 Å². The van der Waals surface area contributed by atoms with E-state index < -0.39 is 30.5 Å². The minimum Gasteiger partial charge on any atom is -0.394 e. The average Bonchev–Trinajstić information content (AvgIpc) is 2.29. The second-order valence-electron chi connectivity index (χ2n) is 4.11. The Labute approximate surface area is 105 Å². The molecule has 4 N–H and O–H groups in total. The maximum atomic E-state index is 11.4. The Bertz CT molecular complexity index is 265. The highest BCUT2D eigenvalue weighted by Gasteiger charge is 2.42. The van der Waals surface area contributed by atoms with Gasteiger partial charge in [0.15, 0.2) is 0 Å². The average molecular weight is 265 g/mol. The first kappa shape index (κ1) is 14.7. The molecule has 0 aliphatic carbocycles. The second-order valence-corrected chi connectivity index (χ2v) is 4.56. The van der Waals surface area contributed by atoms with E-state index >= 15 is 0 Å². The van der Waals surface area contributed by atoms with Gasteiger partial charge in [0, 0.05) is 6.42 Å². The lowest BCUT2D eigenvalue weighted by Gasteiger charge is -2.41. The largest absolute Gasteiger partial charge is 0.394 e. The fourth-order valence-electron chi connectivity index (χ4n) is 1.86. The molecule has 1 saturated heterocycles. The fourth-order valence-corrected chi connectivity index (χ4v) is 2.07. The summed E-state index contributed by atoms with van der Waals surface area (Å²) in [6.45, 7) is 1.29. The van der Waals surface area contributed by atoms with Crippen LogP contribution in [0.4, 0.5) is 0 Å². The van der Waals surface area contributed by atoms with Gasteiger partial charge in [-0.2, -0.15) is 12.6 Å². The number of carbonyl (C=O) groups is 1. The van der Waals surface area contributed by atoms with Crippen LogP contribution < -0.4 is 5.32 Å². The number of carbonyl (C=O) groups excluding carboxylic acids is 1. The molecule has 1 aliphatic heterocycles. The van der Waals surface area contributed by atoms with E-state index in [0.717, 1.165) is 0 Å². The van der Waals surface area contributed by atoms with Crippen molar-refractivity contribution in [1.29, 1.82) is 0 Å². The summed E-state index contributed by atoms with van der Waals surface area (Å²) < 4.78 is 5.32. The first-order valence-corrected chi connectivity index (χ1v) is 6.17. The number of aliphatic hydroxyl groups excluding tert-OH is 3. The first-order valence-electron chi connectivity index (χ1n) is 5.54. The van der Waals surface area contributed by atoms with Crippen molar-refractivity contribution in [3.8, 4) is 0 Å². The molecule has 1 aliphatic rings. The predicted molar refractivity (Wildman–Crippen MR) is 63.8 cm³/mol. The Hall–Kier alpha value is -0.340. The summed E-state index contributed by atoms with van der Waals surface area (Å²) >= 11 is 3.93. The van der Waals surface area contributed by atoms with Gasteiger partial charge >= 0.3 is 0 Å². The van der Waals surface area contributed by atoms with Crippen LogP contribution >= 0.6 is 12.6 Å². The van der Waals surface area contributed by atoms with Crippen LogP contribution in [-0.4, -0.2) is 64.0 Å². The van der Waals surface area contributed by atoms with E-state index in [2.05, 4.69) is 17.9 Å². The highest BCUT2D eigenvalue weighted by Crippen LogP contribution is 2.20. The summed E-state index contributed by atoms with van der Waals surface area (Å²) in [5.41, 5.74) is 0. The van der Waals surface area contributed by atoms with Crippen molar-refractivity contribution >= 4 is 18.5 Å². The molecule has 0 aromatic rings. The maximum absolute atomic E-state index is 11.4. The molecule has 1 heterocycles. The van der Waals surface area contributed by atoms with E-state index in [4.69, 9.17) is 9.84 Å². The third-order valence-electron chi connectivity index (χ3n) is 2.84. The van der Waals surface area contributed by atoms with E-state index in [1.165, 1.54) is 0 Å². The fraction of sp³-hybridized carbons (Fsp3) is 0.900. The van der Waals surface area contributed by atoms with Gasteiger partial charge in [-0.15, -0.1) is 0 Å². The van der Waals surface area contributed by atoms with Crippen molar-refractivity contribution in [2.45, 2.75) is 43.8 Å². The lowest BCUT2D eigenvalue weighted by atomic mass is 9.93. The summed E-state index contributed by atoms with van der Waals surface area (Å²) in [7, 11) is 0. The molecule has 5 atom stereocenters. The molecular formula is C10H19NO5S. The number of aliphatic hydroxyl groups is 3. The Morgan fingerprint density at radius 3 is 2.59 bits per heavy atom. The molecular weight excluding hydrogens is 246 g/mol.